The quantitative estimate of drug-likeness (QED) is 0.576. The maximum absolute atomic E-state index is 11.8. The number of nitrogens with one attached hydrogen (secondary N) is 1. The minimum atomic E-state index is -3.29. The normalized spacial score (nSPS) is 21.2. The standard InChI is InChI=1S/C25H29N5O3S/c1-34(32,33)21-8-4-7-20(13-21)28-24-14-25(27-17-26-24)30-12-10-22(23(31)16-30)29-11-9-18-5-2-3-6-19(18)15-29/h2-8,13-14,17,22-23,31H,9-12,15-16H2,1H3,(H,26,27,28)/t22?,23-/m0/s1. The molecular formula is C25H29N5O3S. The molecule has 2 atom stereocenters. The maximum Gasteiger partial charge on any atom is 0.175 e. The lowest BCUT2D eigenvalue weighted by molar-refractivity contribution is 0.0293. The van der Waals surface area contributed by atoms with Gasteiger partial charge in [-0.15, -0.1) is 0 Å². The Balaban J connectivity index is 1.25. The van der Waals surface area contributed by atoms with Gasteiger partial charge in [0.1, 0.15) is 18.0 Å². The lowest BCUT2D eigenvalue weighted by Gasteiger charge is -2.43. The molecule has 2 aliphatic rings. The minimum Gasteiger partial charge on any atom is -0.390 e. The number of piperidine rings is 1. The third-order valence-electron chi connectivity index (χ3n) is 6.69. The van der Waals surface area contributed by atoms with Crippen molar-refractivity contribution >= 4 is 27.2 Å². The monoisotopic (exact) mass is 479 g/mol. The lowest BCUT2D eigenvalue weighted by Crippen LogP contribution is -2.55. The van der Waals surface area contributed by atoms with Gasteiger partial charge in [-0.1, -0.05) is 30.3 Å². The average molecular weight is 480 g/mol. The van der Waals surface area contributed by atoms with Gasteiger partial charge < -0.3 is 15.3 Å². The van der Waals surface area contributed by atoms with Gasteiger partial charge >= 0.3 is 0 Å². The van der Waals surface area contributed by atoms with Crippen LogP contribution in [-0.2, 0) is 22.8 Å². The van der Waals surface area contributed by atoms with Crippen molar-refractivity contribution in [2.75, 3.05) is 36.1 Å². The van der Waals surface area contributed by atoms with E-state index in [0.717, 1.165) is 38.3 Å². The summed E-state index contributed by atoms with van der Waals surface area (Å²) in [7, 11) is -3.29. The summed E-state index contributed by atoms with van der Waals surface area (Å²) in [5.41, 5.74) is 3.40. The Morgan fingerprint density at radius 2 is 1.85 bits per heavy atom. The molecule has 1 fully saturated rings. The third-order valence-corrected chi connectivity index (χ3v) is 7.80. The number of β-amino-alcohol motifs (C(OH)–C–C–N with tert-alkyl or cyclic N) is 1. The molecule has 0 saturated carbocycles. The fraction of sp³-hybridized carbons (Fsp3) is 0.360. The molecule has 0 bridgehead atoms. The molecule has 1 aromatic heterocycles. The van der Waals surface area contributed by atoms with Crippen LogP contribution in [-0.4, -0.2) is 66.4 Å². The molecule has 9 heteroatoms. The predicted molar refractivity (Wildman–Crippen MR) is 132 cm³/mol. The number of fused-ring (bicyclic) bond motifs is 1. The number of benzene rings is 2. The van der Waals surface area contributed by atoms with E-state index in [-0.39, 0.29) is 10.9 Å². The van der Waals surface area contributed by atoms with Crippen LogP contribution in [0.15, 0.2) is 65.8 Å². The van der Waals surface area contributed by atoms with E-state index in [9.17, 15) is 13.5 Å². The summed E-state index contributed by atoms with van der Waals surface area (Å²) in [6.07, 6.45) is 4.07. The van der Waals surface area contributed by atoms with Gasteiger partial charge in [0.05, 0.1) is 11.0 Å². The summed E-state index contributed by atoms with van der Waals surface area (Å²) in [6, 6.07) is 17.2. The zero-order valence-corrected chi connectivity index (χ0v) is 19.9. The number of aliphatic hydroxyl groups is 1. The second kappa shape index (κ2) is 9.32. The Kier molecular flexibility index (Phi) is 6.24. The number of aliphatic hydroxyl groups excluding tert-OH is 1. The van der Waals surface area contributed by atoms with E-state index in [1.54, 1.807) is 24.3 Å². The first kappa shape index (κ1) is 22.8. The largest absolute Gasteiger partial charge is 0.390 e. The summed E-state index contributed by atoms with van der Waals surface area (Å²) in [5.74, 6) is 1.30. The predicted octanol–water partition coefficient (Wildman–Crippen LogP) is 2.62. The van der Waals surface area contributed by atoms with E-state index in [1.165, 1.54) is 23.7 Å². The molecule has 0 spiro atoms. The molecule has 3 heterocycles. The van der Waals surface area contributed by atoms with E-state index < -0.39 is 15.9 Å². The molecular weight excluding hydrogens is 450 g/mol. The summed E-state index contributed by atoms with van der Waals surface area (Å²) in [6.45, 7) is 3.14. The van der Waals surface area contributed by atoms with Crippen LogP contribution >= 0.6 is 0 Å². The van der Waals surface area contributed by atoms with Gasteiger partial charge in [0.15, 0.2) is 9.84 Å². The molecule has 178 valence electrons. The van der Waals surface area contributed by atoms with Gasteiger partial charge in [-0.3, -0.25) is 4.90 Å². The number of sulfone groups is 1. The highest BCUT2D eigenvalue weighted by Gasteiger charge is 2.34. The van der Waals surface area contributed by atoms with Crippen LogP contribution < -0.4 is 10.2 Å². The summed E-state index contributed by atoms with van der Waals surface area (Å²) in [4.78, 5) is 13.4. The molecule has 34 heavy (non-hydrogen) atoms. The number of hydrogen-bond acceptors (Lipinski definition) is 8. The second-order valence-electron chi connectivity index (χ2n) is 9.05. The fourth-order valence-electron chi connectivity index (χ4n) is 4.89. The van der Waals surface area contributed by atoms with Crippen molar-refractivity contribution < 1.29 is 13.5 Å². The van der Waals surface area contributed by atoms with E-state index >= 15 is 0 Å². The maximum atomic E-state index is 11.8. The van der Waals surface area contributed by atoms with Crippen molar-refractivity contribution in [3.8, 4) is 0 Å². The minimum absolute atomic E-state index is 0.128. The fourth-order valence-corrected chi connectivity index (χ4v) is 5.56. The second-order valence-corrected chi connectivity index (χ2v) is 11.1. The smallest absolute Gasteiger partial charge is 0.175 e. The molecule has 8 nitrogen and oxygen atoms in total. The first-order valence-corrected chi connectivity index (χ1v) is 13.4. The highest BCUT2D eigenvalue weighted by Crippen LogP contribution is 2.28. The van der Waals surface area contributed by atoms with Crippen molar-refractivity contribution in [3.05, 3.63) is 72.1 Å². The SMILES string of the molecule is CS(=O)(=O)c1cccc(Nc2cc(N3CCC(N4CCc5ccccc5C4)[C@@H](O)C3)ncn2)c1. The van der Waals surface area contributed by atoms with Crippen LogP contribution in [0.2, 0.25) is 0 Å². The molecule has 1 unspecified atom stereocenters. The summed E-state index contributed by atoms with van der Waals surface area (Å²) >= 11 is 0. The average Bonchev–Trinajstić information content (AvgIpc) is 2.83. The van der Waals surface area contributed by atoms with E-state index in [4.69, 9.17) is 0 Å². The number of anilines is 3. The Morgan fingerprint density at radius 1 is 1.03 bits per heavy atom. The zero-order valence-electron chi connectivity index (χ0n) is 19.1. The summed E-state index contributed by atoms with van der Waals surface area (Å²) < 4.78 is 23.7. The highest BCUT2D eigenvalue weighted by molar-refractivity contribution is 7.90. The van der Waals surface area contributed by atoms with Gasteiger partial charge in [0, 0.05) is 50.2 Å². The molecule has 1 saturated heterocycles. The number of rotatable bonds is 5. The van der Waals surface area contributed by atoms with Crippen LogP contribution in [0, 0.1) is 0 Å². The third kappa shape index (κ3) is 4.91. The number of aromatic nitrogens is 2. The molecule has 0 radical (unpaired) electrons. The van der Waals surface area contributed by atoms with Crippen molar-refractivity contribution in [2.45, 2.75) is 36.4 Å². The van der Waals surface area contributed by atoms with Crippen molar-refractivity contribution in [1.82, 2.24) is 14.9 Å². The van der Waals surface area contributed by atoms with Crippen molar-refractivity contribution in [2.24, 2.45) is 0 Å². The molecule has 5 rings (SSSR count). The summed E-state index contributed by atoms with van der Waals surface area (Å²) in [5, 5.41) is 14.2. The van der Waals surface area contributed by atoms with Crippen LogP contribution in [0.4, 0.5) is 17.3 Å². The number of nitrogens with zero attached hydrogens (tertiary/aromatic N) is 4. The van der Waals surface area contributed by atoms with E-state index in [1.807, 2.05) is 6.07 Å². The first-order valence-electron chi connectivity index (χ1n) is 11.5. The zero-order chi connectivity index (χ0) is 23.7. The number of hydrogen-bond donors (Lipinski definition) is 2. The first-order chi connectivity index (χ1) is 16.4. The van der Waals surface area contributed by atoms with Crippen molar-refractivity contribution in [1.29, 1.82) is 0 Å². The Labute approximate surface area is 200 Å². The van der Waals surface area contributed by atoms with Gasteiger partial charge in [0.25, 0.3) is 0 Å². The van der Waals surface area contributed by atoms with Gasteiger partial charge in [-0.05, 0) is 42.2 Å². The molecule has 2 aromatic carbocycles. The lowest BCUT2D eigenvalue weighted by atomic mass is 9.94. The van der Waals surface area contributed by atoms with Gasteiger partial charge in [0.2, 0.25) is 0 Å². The van der Waals surface area contributed by atoms with Crippen LogP contribution in [0.1, 0.15) is 17.5 Å². The molecule has 2 N–H and O–H groups in total. The van der Waals surface area contributed by atoms with Crippen molar-refractivity contribution in [3.63, 3.8) is 0 Å². The van der Waals surface area contributed by atoms with Crippen LogP contribution in [0.3, 0.4) is 0 Å². The molecule has 3 aromatic rings. The molecule has 0 amide bonds. The molecule has 0 aliphatic carbocycles. The van der Waals surface area contributed by atoms with Crippen LogP contribution in [0.5, 0.6) is 0 Å². The Hall–Kier alpha value is -3.01. The van der Waals surface area contributed by atoms with E-state index in [2.05, 4.69) is 49.4 Å². The Bertz CT molecular complexity index is 1280. The van der Waals surface area contributed by atoms with E-state index in [0.29, 0.717) is 18.1 Å². The Morgan fingerprint density at radius 3 is 2.65 bits per heavy atom. The highest BCUT2D eigenvalue weighted by atomic mass is 32.2. The van der Waals surface area contributed by atoms with Gasteiger partial charge in [-0.2, -0.15) is 0 Å². The molecule has 2 aliphatic heterocycles. The van der Waals surface area contributed by atoms with Gasteiger partial charge in [-0.25, -0.2) is 18.4 Å². The topological polar surface area (TPSA) is 98.7 Å². The van der Waals surface area contributed by atoms with Crippen LogP contribution in [0.25, 0.3) is 0 Å².